The highest BCUT2D eigenvalue weighted by atomic mass is 32.1. The Balaban J connectivity index is 1.59. The predicted octanol–water partition coefficient (Wildman–Crippen LogP) is 3.21. The number of benzene rings is 1. The fourth-order valence-corrected chi connectivity index (χ4v) is 3.26. The lowest BCUT2D eigenvalue weighted by molar-refractivity contribution is 0.266. The average Bonchev–Trinajstić information content (AvgIpc) is 3.14. The van der Waals surface area contributed by atoms with Crippen molar-refractivity contribution in [1.29, 1.82) is 5.26 Å². The summed E-state index contributed by atoms with van der Waals surface area (Å²) in [4.78, 5) is 2.14. The maximum atomic E-state index is 9.72. The summed E-state index contributed by atoms with van der Waals surface area (Å²) in [6.07, 6.45) is 3.23. The van der Waals surface area contributed by atoms with Crippen LogP contribution in [0.25, 0.3) is 0 Å². The van der Waals surface area contributed by atoms with Crippen LogP contribution in [0.15, 0.2) is 53.1 Å². The molecule has 1 N–H and O–H groups in total. The fourth-order valence-electron chi connectivity index (χ4n) is 3.00. The van der Waals surface area contributed by atoms with Gasteiger partial charge in [-0.2, -0.15) is 5.26 Å². The molecule has 2 heterocycles. The van der Waals surface area contributed by atoms with Crippen LogP contribution in [0.3, 0.4) is 0 Å². The van der Waals surface area contributed by atoms with Crippen molar-refractivity contribution >= 4 is 17.3 Å². The van der Waals surface area contributed by atoms with Crippen LogP contribution in [0, 0.1) is 11.3 Å². The topological polar surface area (TPSA) is 52.2 Å². The highest BCUT2D eigenvalue weighted by Gasteiger charge is 2.36. The van der Waals surface area contributed by atoms with Gasteiger partial charge in [0.1, 0.15) is 5.76 Å². The largest absolute Gasteiger partial charge is 0.467 e. The Morgan fingerprint density at radius 1 is 1.22 bits per heavy atom. The highest BCUT2D eigenvalue weighted by molar-refractivity contribution is 7.80. The van der Waals surface area contributed by atoms with E-state index in [1.165, 1.54) is 0 Å². The molecule has 0 saturated carbocycles. The second kappa shape index (κ2) is 6.84. The van der Waals surface area contributed by atoms with Gasteiger partial charge in [0.05, 0.1) is 24.3 Å². The van der Waals surface area contributed by atoms with E-state index < -0.39 is 5.41 Å². The molecule has 0 atom stereocenters. The predicted molar refractivity (Wildman–Crippen MR) is 92.7 cm³/mol. The van der Waals surface area contributed by atoms with Gasteiger partial charge in [-0.3, -0.25) is 0 Å². The number of thiocarbonyl (C=S) groups is 1. The minimum atomic E-state index is -0.394. The smallest absolute Gasteiger partial charge is 0.169 e. The van der Waals surface area contributed by atoms with Crippen molar-refractivity contribution in [3.63, 3.8) is 0 Å². The van der Waals surface area contributed by atoms with Gasteiger partial charge in [0.2, 0.25) is 0 Å². The van der Waals surface area contributed by atoms with Crippen molar-refractivity contribution in [1.82, 2.24) is 10.2 Å². The third kappa shape index (κ3) is 3.38. The summed E-state index contributed by atoms with van der Waals surface area (Å²) >= 11 is 5.47. The van der Waals surface area contributed by atoms with Crippen LogP contribution in [0.4, 0.5) is 0 Å². The molecule has 1 aromatic carbocycles. The van der Waals surface area contributed by atoms with Gasteiger partial charge in [0.25, 0.3) is 0 Å². The third-order valence-electron chi connectivity index (χ3n) is 4.44. The van der Waals surface area contributed by atoms with Crippen LogP contribution >= 0.6 is 12.2 Å². The van der Waals surface area contributed by atoms with Crippen molar-refractivity contribution in [2.75, 3.05) is 13.1 Å². The SMILES string of the molecule is N#CC1(c2ccccc2)CCN(C(=S)NCc2ccco2)CC1. The maximum Gasteiger partial charge on any atom is 0.169 e. The molecule has 1 aliphatic heterocycles. The molecule has 1 fully saturated rings. The normalized spacial score (nSPS) is 16.6. The molecule has 0 aliphatic carbocycles. The first-order valence-electron chi connectivity index (χ1n) is 7.75. The van der Waals surface area contributed by atoms with E-state index in [1.807, 2.05) is 42.5 Å². The average molecular weight is 325 g/mol. The van der Waals surface area contributed by atoms with E-state index in [2.05, 4.69) is 16.3 Å². The fraction of sp³-hybridized carbons (Fsp3) is 0.333. The van der Waals surface area contributed by atoms with Crippen molar-refractivity contribution in [2.24, 2.45) is 0 Å². The Morgan fingerprint density at radius 3 is 2.57 bits per heavy atom. The molecule has 0 bridgehead atoms. The number of likely N-dealkylation sites (tertiary alicyclic amines) is 1. The first-order valence-corrected chi connectivity index (χ1v) is 8.16. The van der Waals surface area contributed by atoms with Crippen LogP contribution in [-0.2, 0) is 12.0 Å². The molecule has 3 rings (SSSR count). The molecular formula is C18H19N3OS. The summed E-state index contributed by atoms with van der Waals surface area (Å²) < 4.78 is 5.30. The lowest BCUT2D eigenvalue weighted by Crippen LogP contribution is -2.48. The lowest BCUT2D eigenvalue weighted by atomic mass is 9.74. The van der Waals surface area contributed by atoms with Crippen molar-refractivity contribution in [3.8, 4) is 6.07 Å². The molecule has 0 amide bonds. The monoisotopic (exact) mass is 325 g/mol. The number of rotatable bonds is 3. The molecule has 118 valence electrons. The van der Waals surface area contributed by atoms with E-state index >= 15 is 0 Å². The molecule has 1 aliphatic rings. The summed E-state index contributed by atoms with van der Waals surface area (Å²) in [7, 11) is 0. The molecule has 4 nitrogen and oxygen atoms in total. The summed E-state index contributed by atoms with van der Waals surface area (Å²) in [5.74, 6) is 0.861. The van der Waals surface area contributed by atoms with Gasteiger partial charge < -0.3 is 14.6 Å². The van der Waals surface area contributed by atoms with Gasteiger partial charge in [-0.1, -0.05) is 30.3 Å². The number of hydrogen-bond acceptors (Lipinski definition) is 3. The molecule has 1 aromatic heterocycles. The molecule has 0 unspecified atom stereocenters. The van der Waals surface area contributed by atoms with Gasteiger partial charge in [-0.15, -0.1) is 0 Å². The zero-order chi connectivity index (χ0) is 16.1. The van der Waals surface area contributed by atoms with Gasteiger partial charge in [0, 0.05) is 13.1 Å². The van der Waals surface area contributed by atoms with Crippen molar-refractivity contribution in [3.05, 3.63) is 60.1 Å². The van der Waals surface area contributed by atoms with Crippen LogP contribution in [0.5, 0.6) is 0 Å². The van der Waals surface area contributed by atoms with Gasteiger partial charge >= 0.3 is 0 Å². The van der Waals surface area contributed by atoms with Gasteiger partial charge in [-0.05, 0) is 42.8 Å². The van der Waals surface area contributed by atoms with Crippen molar-refractivity contribution < 1.29 is 4.42 Å². The van der Waals surface area contributed by atoms with Gasteiger partial charge in [-0.25, -0.2) is 0 Å². The molecule has 5 heteroatoms. The summed E-state index contributed by atoms with van der Waals surface area (Å²) in [5, 5.41) is 13.7. The van der Waals surface area contributed by atoms with E-state index in [0.717, 1.165) is 42.4 Å². The van der Waals surface area contributed by atoms with Crippen LogP contribution in [0.2, 0.25) is 0 Å². The summed E-state index contributed by atoms with van der Waals surface area (Å²) in [5.41, 5.74) is 0.714. The Kier molecular flexibility index (Phi) is 4.63. The molecule has 0 spiro atoms. The molecule has 1 saturated heterocycles. The number of piperidine rings is 1. The maximum absolute atomic E-state index is 9.72. The van der Waals surface area contributed by atoms with Crippen molar-refractivity contribution in [2.45, 2.75) is 24.8 Å². The number of furan rings is 1. The molecule has 2 aromatic rings. The lowest BCUT2D eigenvalue weighted by Gasteiger charge is -2.38. The van der Waals surface area contributed by atoms with Crippen LogP contribution < -0.4 is 5.32 Å². The number of nitrogens with zero attached hydrogens (tertiary/aromatic N) is 2. The second-order valence-corrected chi connectivity index (χ2v) is 6.17. The first kappa shape index (κ1) is 15.6. The van der Waals surface area contributed by atoms with E-state index in [0.29, 0.717) is 6.54 Å². The van der Waals surface area contributed by atoms with E-state index in [9.17, 15) is 5.26 Å². The molecule has 23 heavy (non-hydrogen) atoms. The third-order valence-corrected chi connectivity index (χ3v) is 4.84. The zero-order valence-corrected chi connectivity index (χ0v) is 13.7. The first-order chi connectivity index (χ1) is 11.2. The molecule has 0 radical (unpaired) electrons. The van der Waals surface area contributed by atoms with Crippen LogP contribution in [-0.4, -0.2) is 23.1 Å². The van der Waals surface area contributed by atoms with E-state index in [4.69, 9.17) is 16.6 Å². The summed E-state index contributed by atoms with van der Waals surface area (Å²) in [6, 6.07) is 16.4. The Labute approximate surface area is 141 Å². The van der Waals surface area contributed by atoms with Crippen LogP contribution in [0.1, 0.15) is 24.2 Å². The number of nitrogens with one attached hydrogen (secondary N) is 1. The molecular weight excluding hydrogens is 306 g/mol. The standard InChI is InChI=1S/C18H19N3OS/c19-14-18(15-5-2-1-3-6-15)8-10-21(11-9-18)17(23)20-13-16-7-4-12-22-16/h1-7,12H,8-11,13H2,(H,20,23). The Bertz CT molecular complexity index is 683. The number of hydrogen-bond donors (Lipinski definition) is 1. The highest BCUT2D eigenvalue weighted by Crippen LogP contribution is 2.34. The Morgan fingerprint density at radius 2 is 1.96 bits per heavy atom. The van der Waals surface area contributed by atoms with E-state index in [-0.39, 0.29) is 0 Å². The van der Waals surface area contributed by atoms with Gasteiger partial charge in [0.15, 0.2) is 5.11 Å². The summed E-state index contributed by atoms with van der Waals surface area (Å²) in [6.45, 7) is 2.16. The number of nitriles is 1. The van der Waals surface area contributed by atoms with E-state index in [1.54, 1.807) is 6.26 Å². The minimum Gasteiger partial charge on any atom is -0.467 e. The Hall–Kier alpha value is -2.32. The quantitative estimate of drug-likeness (QED) is 0.878. The second-order valence-electron chi connectivity index (χ2n) is 5.79. The zero-order valence-electron chi connectivity index (χ0n) is 12.9. The minimum absolute atomic E-state index is 0.394.